The number of amides is 2. The zero-order valence-corrected chi connectivity index (χ0v) is 16.1. The van der Waals surface area contributed by atoms with Crippen molar-refractivity contribution in [3.05, 3.63) is 65.5 Å². The normalized spacial score (nSPS) is 16.8. The number of halogens is 1. The largest absolute Gasteiger partial charge is 0.366 e. The molecule has 154 valence electrons. The van der Waals surface area contributed by atoms with Crippen LogP contribution in [-0.2, 0) is 0 Å². The van der Waals surface area contributed by atoms with Crippen molar-refractivity contribution < 1.29 is 18.5 Å². The Balaban J connectivity index is 1.61. The molecule has 3 heterocycles. The van der Waals surface area contributed by atoms with E-state index in [0.29, 0.717) is 24.4 Å². The van der Waals surface area contributed by atoms with E-state index in [1.165, 1.54) is 30.5 Å². The van der Waals surface area contributed by atoms with Crippen LogP contribution in [0.1, 0.15) is 58.4 Å². The lowest BCUT2D eigenvalue weighted by atomic mass is 10.1. The molecule has 2 aromatic heterocycles. The van der Waals surface area contributed by atoms with Gasteiger partial charge < -0.3 is 15.2 Å². The van der Waals surface area contributed by atoms with Crippen LogP contribution in [0.15, 0.2) is 47.1 Å². The summed E-state index contributed by atoms with van der Waals surface area (Å²) in [5, 5.41) is 4.09. The highest BCUT2D eigenvalue weighted by Gasteiger charge is 2.31. The quantitative estimate of drug-likeness (QED) is 0.708. The number of aromatic nitrogens is 3. The highest BCUT2D eigenvalue weighted by atomic mass is 19.1. The number of pyridine rings is 1. The maximum Gasteiger partial charge on any atom is 0.273 e. The fourth-order valence-corrected chi connectivity index (χ4v) is 3.51. The third-order valence-corrected chi connectivity index (χ3v) is 5.11. The van der Waals surface area contributed by atoms with Gasteiger partial charge in [-0.25, -0.2) is 4.39 Å². The Morgan fingerprint density at radius 1 is 1.10 bits per heavy atom. The molecule has 0 radical (unpaired) electrons. The minimum Gasteiger partial charge on any atom is -0.366 e. The number of nitrogens with zero attached hydrogens (tertiary/aromatic N) is 4. The van der Waals surface area contributed by atoms with Crippen LogP contribution in [0.3, 0.4) is 0 Å². The summed E-state index contributed by atoms with van der Waals surface area (Å²) < 4.78 is 18.5. The molecular weight excluding hydrogens is 389 g/mol. The number of carbonyl (C=O) groups excluding carboxylic acids is 2. The molecule has 1 atom stereocenters. The Hall–Kier alpha value is -3.62. The van der Waals surface area contributed by atoms with Gasteiger partial charge in [-0.3, -0.25) is 14.6 Å². The number of hydrogen-bond donors (Lipinski definition) is 1. The molecule has 9 heteroatoms. The molecule has 0 saturated carbocycles. The summed E-state index contributed by atoms with van der Waals surface area (Å²) >= 11 is 0. The molecule has 3 aromatic rings. The standard InChI is InChI=1S/C21H20FN5O3/c22-15-8-5-13(6-9-15)20-25-19(26-30-20)17-4-2-1-3-11-27(17)21(29)16-10-7-14(12-24-16)18(23)28/h5-10,12,17H,1-4,11H2,(H2,23,28). The smallest absolute Gasteiger partial charge is 0.273 e. The predicted molar refractivity (Wildman–Crippen MR) is 105 cm³/mol. The van der Waals surface area contributed by atoms with Crippen LogP contribution in [0, 0.1) is 5.82 Å². The van der Waals surface area contributed by atoms with E-state index in [2.05, 4.69) is 15.1 Å². The van der Waals surface area contributed by atoms with E-state index in [0.717, 1.165) is 19.3 Å². The zero-order valence-electron chi connectivity index (χ0n) is 16.1. The van der Waals surface area contributed by atoms with E-state index in [4.69, 9.17) is 10.3 Å². The SMILES string of the molecule is NC(=O)c1ccc(C(=O)N2CCCCCC2c2noc(-c3ccc(F)cc3)n2)nc1. The average Bonchev–Trinajstić information content (AvgIpc) is 3.11. The Kier molecular flexibility index (Phi) is 5.51. The Bertz CT molecular complexity index is 1050. The van der Waals surface area contributed by atoms with E-state index in [1.807, 2.05) is 0 Å². The molecule has 8 nitrogen and oxygen atoms in total. The third-order valence-electron chi connectivity index (χ3n) is 5.11. The molecule has 0 spiro atoms. The number of likely N-dealkylation sites (tertiary alicyclic amines) is 1. The lowest BCUT2D eigenvalue weighted by Crippen LogP contribution is -2.36. The van der Waals surface area contributed by atoms with Crippen molar-refractivity contribution in [1.29, 1.82) is 0 Å². The second-order valence-electron chi connectivity index (χ2n) is 7.12. The summed E-state index contributed by atoms with van der Waals surface area (Å²) in [7, 11) is 0. The molecule has 0 aliphatic carbocycles. The van der Waals surface area contributed by atoms with E-state index >= 15 is 0 Å². The van der Waals surface area contributed by atoms with Gasteiger partial charge in [-0.2, -0.15) is 4.98 Å². The van der Waals surface area contributed by atoms with Crippen LogP contribution < -0.4 is 5.73 Å². The van der Waals surface area contributed by atoms with Crippen LogP contribution in [-0.4, -0.2) is 38.4 Å². The Labute approximate surface area is 171 Å². The van der Waals surface area contributed by atoms with E-state index in [9.17, 15) is 14.0 Å². The van der Waals surface area contributed by atoms with Crippen LogP contribution in [0.5, 0.6) is 0 Å². The predicted octanol–water partition coefficient (Wildman–Crippen LogP) is 3.13. The van der Waals surface area contributed by atoms with E-state index in [-0.39, 0.29) is 34.9 Å². The van der Waals surface area contributed by atoms with Crippen molar-refractivity contribution in [2.45, 2.75) is 31.7 Å². The highest BCUT2D eigenvalue weighted by molar-refractivity contribution is 5.95. The summed E-state index contributed by atoms with van der Waals surface area (Å²) in [5.41, 5.74) is 6.29. The minimum atomic E-state index is -0.603. The number of benzene rings is 1. The van der Waals surface area contributed by atoms with Gasteiger partial charge in [0.25, 0.3) is 11.8 Å². The first kappa shape index (κ1) is 19.7. The van der Waals surface area contributed by atoms with E-state index in [1.54, 1.807) is 17.0 Å². The number of hydrogen-bond acceptors (Lipinski definition) is 6. The summed E-state index contributed by atoms with van der Waals surface area (Å²) in [6, 6.07) is 8.38. The van der Waals surface area contributed by atoms with Crippen LogP contribution in [0.25, 0.3) is 11.5 Å². The fourth-order valence-electron chi connectivity index (χ4n) is 3.51. The maximum atomic E-state index is 13.2. The lowest BCUT2D eigenvalue weighted by molar-refractivity contribution is 0.0664. The van der Waals surface area contributed by atoms with Crippen molar-refractivity contribution in [1.82, 2.24) is 20.0 Å². The second-order valence-corrected chi connectivity index (χ2v) is 7.12. The van der Waals surface area contributed by atoms with Gasteiger partial charge in [0.05, 0.1) is 11.6 Å². The monoisotopic (exact) mass is 409 g/mol. The van der Waals surface area contributed by atoms with Crippen LogP contribution >= 0.6 is 0 Å². The zero-order chi connectivity index (χ0) is 21.1. The third kappa shape index (κ3) is 4.05. The first-order valence-electron chi connectivity index (χ1n) is 9.69. The first-order chi connectivity index (χ1) is 14.5. The topological polar surface area (TPSA) is 115 Å². The minimum absolute atomic E-state index is 0.217. The number of nitrogens with two attached hydrogens (primary N) is 1. The maximum absolute atomic E-state index is 13.2. The van der Waals surface area contributed by atoms with Crippen LogP contribution in [0.4, 0.5) is 4.39 Å². The molecule has 1 aliphatic rings. The molecule has 0 bridgehead atoms. The van der Waals surface area contributed by atoms with Crippen molar-refractivity contribution >= 4 is 11.8 Å². The summed E-state index contributed by atoms with van der Waals surface area (Å²) in [6.45, 7) is 0.531. The number of carbonyl (C=O) groups is 2. The van der Waals surface area contributed by atoms with Crippen LogP contribution in [0.2, 0.25) is 0 Å². The molecule has 1 aromatic carbocycles. The molecule has 1 unspecified atom stereocenters. The second kappa shape index (κ2) is 8.40. The molecular formula is C21H20FN5O3. The summed E-state index contributed by atoms with van der Waals surface area (Å²) in [6.07, 6.45) is 4.74. The van der Waals surface area contributed by atoms with E-state index < -0.39 is 5.91 Å². The van der Waals surface area contributed by atoms with Gasteiger partial charge in [-0.05, 0) is 49.2 Å². The van der Waals surface area contributed by atoms with Gasteiger partial charge >= 0.3 is 0 Å². The van der Waals surface area contributed by atoms with Gasteiger partial charge in [-0.1, -0.05) is 18.0 Å². The van der Waals surface area contributed by atoms with Gasteiger partial charge in [0.2, 0.25) is 5.91 Å². The van der Waals surface area contributed by atoms with Gasteiger partial charge in [0.1, 0.15) is 11.5 Å². The lowest BCUT2D eigenvalue weighted by Gasteiger charge is -2.27. The van der Waals surface area contributed by atoms with Crippen molar-refractivity contribution in [2.75, 3.05) is 6.54 Å². The first-order valence-corrected chi connectivity index (χ1v) is 9.69. The Morgan fingerprint density at radius 3 is 2.60 bits per heavy atom. The molecule has 4 rings (SSSR count). The molecule has 2 N–H and O–H groups in total. The summed E-state index contributed by atoms with van der Waals surface area (Å²) in [5.74, 6) is -0.557. The van der Waals surface area contributed by atoms with Crippen molar-refractivity contribution in [3.8, 4) is 11.5 Å². The molecule has 1 saturated heterocycles. The number of rotatable bonds is 4. The highest BCUT2D eigenvalue weighted by Crippen LogP contribution is 2.31. The summed E-state index contributed by atoms with van der Waals surface area (Å²) in [4.78, 5) is 34.7. The van der Waals surface area contributed by atoms with Gasteiger partial charge in [0, 0.05) is 18.3 Å². The van der Waals surface area contributed by atoms with Crippen molar-refractivity contribution in [2.24, 2.45) is 5.73 Å². The van der Waals surface area contributed by atoms with Gasteiger partial charge in [0.15, 0.2) is 5.82 Å². The average molecular weight is 409 g/mol. The van der Waals surface area contributed by atoms with Gasteiger partial charge in [-0.15, -0.1) is 0 Å². The molecule has 30 heavy (non-hydrogen) atoms. The molecule has 1 aliphatic heterocycles. The molecule has 1 fully saturated rings. The fraction of sp³-hybridized carbons (Fsp3) is 0.286. The van der Waals surface area contributed by atoms with Crippen molar-refractivity contribution in [3.63, 3.8) is 0 Å². The number of primary amides is 1. The Morgan fingerprint density at radius 2 is 1.90 bits per heavy atom. The molecule has 2 amide bonds.